The van der Waals surface area contributed by atoms with Crippen LogP contribution in [-0.2, 0) is 6.42 Å². The molecule has 1 N–H and O–H groups in total. The minimum Gasteiger partial charge on any atom is -0.494 e. The molecule has 0 radical (unpaired) electrons. The van der Waals surface area contributed by atoms with Crippen LogP contribution in [0, 0.1) is 6.92 Å². The maximum Gasteiger partial charge on any atom is 0.257 e. The third-order valence-corrected chi connectivity index (χ3v) is 4.39. The van der Waals surface area contributed by atoms with Gasteiger partial charge in [0.25, 0.3) is 5.91 Å². The number of benzene rings is 2. The van der Waals surface area contributed by atoms with Crippen LogP contribution in [-0.4, -0.2) is 17.5 Å². The molecular weight excluding hydrogens is 364 g/mol. The molecule has 0 bridgehead atoms. The first kappa shape index (κ1) is 20.4. The summed E-state index contributed by atoms with van der Waals surface area (Å²) in [6, 6.07) is 18.5. The van der Waals surface area contributed by atoms with E-state index in [4.69, 9.17) is 9.47 Å². The van der Waals surface area contributed by atoms with Gasteiger partial charge in [-0.25, -0.2) is 0 Å². The summed E-state index contributed by atoms with van der Waals surface area (Å²) in [6.45, 7) is 6.67. The highest BCUT2D eigenvalue weighted by atomic mass is 16.5. The van der Waals surface area contributed by atoms with Gasteiger partial charge in [0.1, 0.15) is 17.2 Å². The fourth-order valence-corrected chi connectivity index (χ4v) is 2.81. The Hall–Kier alpha value is -3.34. The van der Waals surface area contributed by atoms with Crippen LogP contribution in [0.3, 0.4) is 0 Å². The zero-order valence-electron chi connectivity index (χ0n) is 17.1. The number of carbonyl (C=O) groups is 1. The summed E-state index contributed by atoms with van der Waals surface area (Å²) in [4.78, 5) is 17.0. The number of aromatic nitrogens is 1. The lowest BCUT2D eigenvalue weighted by Gasteiger charge is -2.10. The monoisotopic (exact) mass is 390 g/mol. The molecule has 0 atom stereocenters. The minimum atomic E-state index is -0.172. The molecule has 1 aromatic heterocycles. The summed E-state index contributed by atoms with van der Waals surface area (Å²) in [5.74, 6) is 2.07. The van der Waals surface area contributed by atoms with Crippen molar-refractivity contribution in [1.29, 1.82) is 0 Å². The quantitative estimate of drug-likeness (QED) is 0.529. The number of hydrogen-bond donors (Lipinski definition) is 1. The van der Waals surface area contributed by atoms with Crippen molar-refractivity contribution in [1.82, 2.24) is 4.98 Å². The van der Waals surface area contributed by atoms with Gasteiger partial charge in [-0.3, -0.25) is 9.78 Å². The fourth-order valence-electron chi connectivity index (χ4n) is 2.81. The van der Waals surface area contributed by atoms with Crippen LogP contribution in [0.2, 0.25) is 0 Å². The molecule has 3 aromatic rings. The lowest BCUT2D eigenvalue weighted by molar-refractivity contribution is 0.102. The topological polar surface area (TPSA) is 60.5 Å². The molecule has 0 saturated carbocycles. The highest BCUT2D eigenvalue weighted by Gasteiger charge is 2.11. The van der Waals surface area contributed by atoms with Gasteiger partial charge in [-0.2, -0.15) is 0 Å². The number of anilines is 1. The molecule has 0 aliphatic heterocycles. The number of aryl methyl sites for hydroxylation is 2. The number of nitrogens with one attached hydrogen (secondary N) is 1. The Bertz CT molecular complexity index is 951. The highest BCUT2D eigenvalue weighted by Crippen LogP contribution is 2.25. The molecule has 29 heavy (non-hydrogen) atoms. The normalized spacial score (nSPS) is 10.4. The molecule has 1 amide bonds. The zero-order chi connectivity index (χ0) is 20.6. The van der Waals surface area contributed by atoms with E-state index in [2.05, 4.69) is 17.2 Å². The molecule has 5 heteroatoms. The maximum atomic E-state index is 12.5. The SMILES string of the molecule is CCCOc1ccc(Oc2ccc(NC(=O)c3ccc(CC)nc3C)cc2)cc1. The maximum absolute atomic E-state index is 12.5. The number of ether oxygens (including phenoxy) is 2. The van der Waals surface area contributed by atoms with Crippen LogP contribution in [0.25, 0.3) is 0 Å². The number of carbonyl (C=O) groups excluding carboxylic acids is 1. The van der Waals surface area contributed by atoms with E-state index >= 15 is 0 Å². The van der Waals surface area contributed by atoms with Crippen molar-refractivity contribution in [3.05, 3.63) is 77.6 Å². The van der Waals surface area contributed by atoms with Crippen LogP contribution < -0.4 is 14.8 Å². The van der Waals surface area contributed by atoms with E-state index in [1.807, 2.05) is 74.5 Å². The van der Waals surface area contributed by atoms with Crippen molar-refractivity contribution in [3.63, 3.8) is 0 Å². The standard InChI is InChI=1S/C24H26N2O3/c1-4-16-28-20-11-13-22(14-12-20)29-21-9-6-19(7-10-21)26-24(27)23-15-8-18(5-2)25-17(23)3/h6-15H,4-5,16H2,1-3H3,(H,26,27). The Balaban J connectivity index is 1.60. The number of nitrogens with zero attached hydrogens (tertiary/aromatic N) is 1. The van der Waals surface area contributed by atoms with E-state index in [1.165, 1.54) is 0 Å². The molecule has 0 unspecified atom stereocenters. The predicted octanol–water partition coefficient (Wildman–Crippen LogP) is 5.79. The van der Waals surface area contributed by atoms with E-state index in [-0.39, 0.29) is 5.91 Å². The van der Waals surface area contributed by atoms with Crippen molar-refractivity contribution in [3.8, 4) is 17.2 Å². The molecule has 0 spiro atoms. The first-order valence-electron chi connectivity index (χ1n) is 9.87. The average molecular weight is 390 g/mol. The number of hydrogen-bond acceptors (Lipinski definition) is 4. The Kier molecular flexibility index (Phi) is 6.85. The minimum absolute atomic E-state index is 0.172. The molecule has 3 rings (SSSR count). The van der Waals surface area contributed by atoms with E-state index in [0.29, 0.717) is 23.6 Å². The van der Waals surface area contributed by atoms with Gasteiger partial charge in [0.05, 0.1) is 17.9 Å². The summed E-state index contributed by atoms with van der Waals surface area (Å²) < 4.78 is 11.4. The molecule has 1 heterocycles. The second kappa shape index (κ2) is 9.73. The molecular formula is C24H26N2O3. The lowest BCUT2D eigenvalue weighted by Crippen LogP contribution is -2.14. The van der Waals surface area contributed by atoms with Crippen molar-refractivity contribution in [2.45, 2.75) is 33.6 Å². The van der Waals surface area contributed by atoms with Crippen molar-refractivity contribution in [2.24, 2.45) is 0 Å². The average Bonchev–Trinajstić information content (AvgIpc) is 2.74. The van der Waals surface area contributed by atoms with Gasteiger partial charge < -0.3 is 14.8 Å². The van der Waals surface area contributed by atoms with Gasteiger partial charge in [0.2, 0.25) is 0 Å². The Morgan fingerprint density at radius 3 is 2.10 bits per heavy atom. The Labute approximate surface area is 171 Å². The highest BCUT2D eigenvalue weighted by molar-refractivity contribution is 6.05. The molecule has 150 valence electrons. The first-order valence-corrected chi connectivity index (χ1v) is 9.87. The summed E-state index contributed by atoms with van der Waals surface area (Å²) >= 11 is 0. The number of rotatable bonds is 8. The second-order valence-corrected chi connectivity index (χ2v) is 6.69. The first-order chi connectivity index (χ1) is 14.1. The Morgan fingerprint density at radius 1 is 0.897 bits per heavy atom. The number of pyridine rings is 1. The summed E-state index contributed by atoms with van der Waals surface area (Å²) in [6.07, 6.45) is 1.82. The summed E-state index contributed by atoms with van der Waals surface area (Å²) in [5.41, 5.74) is 2.98. The molecule has 0 saturated heterocycles. The third kappa shape index (κ3) is 5.57. The van der Waals surface area contributed by atoms with Crippen LogP contribution in [0.1, 0.15) is 42.0 Å². The van der Waals surface area contributed by atoms with E-state index in [0.717, 1.165) is 35.7 Å². The van der Waals surface area contributed by atoms with Gasteiger partial charge in [-0.15, -0.1) is 0 Å². The molecule has 2 aromatic carbocycles. The van der Waals surface area contributed by atoms with E-state index in [9.17, 15) is 4.79 Å². The second-order valence-electron chi connectivity index (χ2n) is 6.69. The van der Waals surface area contributed by atoms with Crippen LogP contribution in [0.5, 0.6) is 17.2 Å². The molecule has 5 nitrogen and oxygen atoms in total. The lowest BCUT2D eigenvalue weighted by atomic mass is 10.1. The van der Waals surface area contributed by atoms with Gasteiger partial charge in [0.15, 0.2) is 0 Å². The molecule has 0 fully saturated rings. The van der Waals surface area contributed by atoms with Gasteiger partial charge >= 0.3 is 0 Å². The van der Waals surface area contributed by atoms with Gasteiger partial charge in [-0.05, 0) is 80.4 Å². The van der Waals surface area contributed by atoms with Gasteiger partial charge in [0, 0.05) is 11.4 Å². The van der Waals surface area contributed by atoms with Crippen molar-refractivity contribution in [2.75, 3.05) is 11.9 Å². The van der Waals surface area contributed by atoms with Crippen molar-refractivity contribution >= 4 is 11.6 Å². The number of amides is 1. The largest absolute Gasteiger partial charge is 0.494 e. The van der Waals surface area contributed by atoms with Crippen LogP contribution >= 0.6 is 0 Å². The van der Waals surface area contributed by atoms with Gasteiger partial charge in [-0.1, -0.05) is 13.8 Å². The van der Waals surface area contributed by atoms with E-state index < -0.39 is 0 Å². The third-order valence-electron chi connectivity index (χ3n) is 4.39. The summed E-state index contributed by atoms with van der Waals surface area (Å²) in [5, 5.41) is 2.90. The summed E-state index contributed by atoms with van der Waals surface area (Å²) in [7, 11) is 0. The zero-order valence-corrected chi connectivity index (χ0v) is 17.1. The smallest absolute Gasteiger partial charge is 0.257 e. The predicted molar refractivity (Wildman–Crippen MR) is 115 cm³/mol. The Morgan fingerprint density at radius 2 is 1.52 bits per heavy atom. The fraction of sp³-hybridized carbons (Fsp3) is 0.250. The van der Waals surface area contributed by atoms with E-state index in [1.54, 1.807) is 0 Å². The van der Waals surface area contributed by atoms with Crippen LogP contribution in [0.4, 0.5) is 5.69 Å². The van der Waals surface area contributed by atoms with Crippen LogP contribution in [0.15, 0.2) is 60.7 Å². The van der Waals surface area contributed by atoms with Crippen molar-refractivity contribution < 1.29 is 14.3 Å². The molecule has 0 aliphatic rings. The molecule has 0 aliphatic carbocycles.